The third-order valence-electron chi connectivity index (χ3n) is 2.69. The highest BCUT2D eigenvalue weighted by Crippen LogP contribution is 2.19. The van der Waals surface area contributed by atoms with Crippen LogP contribution in [0.1, 0.15) is 12.8 Å². The first kappa shape index (κ1) is 14.3. The Morgan fingerprint density at radius 1 is 1.43 bits per heavy atom. The molecule has 1 fully saturated rings. The van der Waals surface area contributed by atoms with Gasteiger partial charge in [0.25, 0.3) is 0 Å². The molecule has 0 bridgehead atoms. The van der Waals surface area contributed by atoms with E-state index in [-0.39, 0.29) is 17.8 Å². The molecule has 0 saturated heterocycles. The third-order valence-corrected chi connectivity index (χ3v) is 2.69. The van der Waals surface area contributed by atoms with E-state index in [0.29, 0.717) is 11.4 Å². The van der Waals surface area contributed by atoms with E-state index in [2.05, 4.69) is 21.2 Å². The fraction of sp³-hybridized carbons (Fsp3) is 0.231. The molecule has 0 aliphatic heterocycles. The predicted octanol–water partition coefficient (Wildman–Crippen LogP) is 1.20. The Bertz CT molecular complexity index is 628. The van der Waals surface area contributed by atoms with Crippen molar-refractivity contribution < 1.29 is 4.79 Å². The molecule has 0 spiro atoms. The number of benzene rings is 1. The van der Waals surface area contributed by atoms with Crippen molar-refractivity contribution in [1.82, 2.24) is 5.32 Å². The van der Waals surface area contributed by atoms with Gasteiger partial charge in [-0.15, -0.1) is 0 Å². The van der Waals surface area contributed by atoms with Gasteiger partial charge >= 0.3 is 6.03 Å². The predicted molar refractivity (Wildman–Crippen MR) is 80.2 cm³/mol. The van der Waals surface area contributed by atoms with Crippen LogP contribution in [0.25, 0.3) is 0 Å². The quantitative estimate of drug-likeness (QED) is 0.315. The molecule has 1 aliphatic carbocycles. The zero-order chi connectivity index (χ0) is 15.2. The zero-order valence-electron chi connectivity index (χ0n) is 11.2. The summed E-state index contributed by atoms with van der Waals surface area (Å²) in [5.74, 6) is -0.414. The minimum absolute atomic E-state index is 0.208. The molecule has 2 amide bonds. The van der Waals surface area contributed by atoms with E-state index in [1.807, 2.05) is 0 Å². The molecular weight excluding hydrogens is 270 g/mol. The first-order chi connectivity index (χ1) is 10.1. The van der Waals surface area contributed by atoms with Crippen LogP contribution in [0.15, 0.2) is 29.4 Å². The normalized spacial score (nSPS) is 14.0. The van der Waals surface area contributed by atoms with E-state index < -0.39 is 5.84 Å². The summed E-state index contributed by atoms with van der Waals surface area (Å²) in [4.78, 5) is 11.6. The summed E-state index contributed by atoms with van der Waals surface area (Å²) in [5.41, 5.74) is 8.75. The van der Waals surface area contributed by atoms with Crippen LogP contribution in [0.2, 0.25) is 0 Å². The van der Waals surface area contributed by atoms with Crippen LogP contribution in [0.3, 0.4) is 0 Å². The number of carbonyl (C=O) groups is 1. The summed E-state index contributed by atoms with van der Waals surface area (Å²) in [6.07, 6.45) is 2.04. The summed E-state index contributed by atoms with van der Waals surface area (Å²) < 4.78 is 0. The van der Waals surface area contributed by atoms with Crippen molar-refractivity contribution >= 4 is 29.0 Å². The number of hydrazone groups is 1. The molecule has 0 heterocycles. The molecule has 6 N–H and O–H groups in total. The van der Waals surface area contributed by atoms with Crippen molar-refractivity contribution in [3.63, 3.8) is 0 Å². The molecule has 1 aromatic carbocycles. The molecule has 0 aromatic heterocycles. The highest BCUT2D eigenvalue weighted by Gasteiger charge is 2.23. The average Bonchev–Trinajstić information content (AvgIpc) is 3.23. The minimum Gasteiger partial charge on any atom is -0.382 e. The molecule has 2 rings (SSSR count). The first-order valence-electron chi connectivity index (χ1n) is 6.34. The Morgan fingerprint density at radius 2 is 2.14 bits per heavy atom. The Kier molecular flexibility index (Phi) is 4.36. The second kappa shape index (κ2) is 6.38. The van der Waals surface area contributed by atoms with Gasteiger partial charge in [-0.1, -0.05) is 6.07 Å². The van der Waals surface area contributed by atoms with E-state index >= 15 is 0 Å². The number of nitrogens with two attached hydrogens (primary N) is 1. The lowest BCUT2D eigenvalue weighted by atomic mass is 10.3. The monoisotopic (exact) mass is 285 g/mol. The lowest BCUT2D eigenvalue weighted by Crippen LogP contribution is -2.30. The zero-order valence-corrected chi connectivity index (χ0v) is 11.2. The first-order valence-corrected chi connectivity index (χ1v) is 6.34. The fourth-order valence-corrected chi connectivity index (χ4v) is 1.51. The number of carbonyl (C=O) groups excluding carboxylic acids is 1. The molecule has 0 unspecified atom stereocenters. The third kappa shape index (κ3) is 4.50. The average molecular weight is 285 g/mol. The van der Waals surface area contributed by atoms with E-state index in [9.17, 15) is 4.79 Å². The van der Waals surface area contributed by atoms with Crippen molar-refractivity contribution in [2.75, 3.05) is 10.7 Å². The standard InChI is InChI=1S/C13H15N7O/c14-7-11(12(15)16)20-19-10-3-1-2-9(6-10)18-13(21)17-8-4-5-8/h1-3,6,8,19H,4-5H2,(H3,15,16)(H2,17,18,21)/b20-11+. The van der Waals surface area contributed by atoms with Gasteiger partial charge in [-0.25, -0.2) is 4.79 Å². The van der Waals surface area contributed by atoms with E-state index in [1.165, 1.54) is 0 Å². The largest absolute Gasteiger partial charge is 0.382 e. The van der Waals surface area contributed by atoms with E-state index in [1.54, 1.807) is 30.3 Å². The number of nitrogens with zero attached hydrogens (tertiary/aromatic N) is 2. The van der Waals surface area contributed by atoms with Gasteiger partial charge in [-0.2, -0.15) is 10.4 Å². The Hall–Kier alpha value is -3.08. The van der Waals surface area contributed by atoms with Crippen LogP contribution in [0.4, 0.5) is 16.2 Å². The Morgan fingerprint density at radius 3 is 2.76 bits per heavy atom. The van der Waals surface area contributed by atoms with Crippen molar-refractivity contribution in [1.29, 1.82) is 10.7 Å². The summed E-state index contributed by atoms with van der Waals surface area (Å²) in [6, 6.07) is 8.57. The Balaban J connectivity index is 1.98. The van der Waals surface area contributed by atoms with Gasteiger partial charge < -0.3 is 16.4 Å². The maximum absolute atomic E-state index is 11.6. The number of hydrogen-bond acceptors (Lipinski definition) is 5. The highest BCUT2D eigenvalue weighted by molar-refractivity contribution is 6.45. The maximum atomic E-state index is 11.6. The molecule has 8 nitrogen and oxygen atoms in total. The number of nitriles is 1. The van der Waals surface area contributed by atoms with Crippen LogP contribution in [0.5, 0.6) is 0 Å². The lowest BCUT2D eigenvalue weighted by Gasteiger charge is -2.08. The number of amidine groups is 1. The number of urea groups is 1. The summed E-state index contributed by atoms with van der Waals surface area (Å²) >= 11 is 0. The van der Waals surface area contributed by atoms with Crippen LogP contribution in [-0.2, 0) is 0 Å². The maximum Gasteiger partial charge on any atom is 0.319 e. The SMILES string of the molecule is N#C/C(=N\Nc1cccc(NC(=O)NC2CC2)c1)C(=N)N. The number of nitrogens with one attached hydrogen (secondary N) is 4. The van der Waals surface area contributed by atoms with Gasteiger partial charge in [0.1, 0.15) is 6.07 Å². The molecule has 108 valence electrons. The smallest absolute Gasteiger partial charge is 0.319 e. The van der Waals surface area contributed by atoms with Crippen LogP contribution < -0.4 is 21.8 Å². The molecule has 0 atom stereocenters. The van der Waals surface area contributed by atoms with Gasteiger partial charge in [0.2, 0.25) is 5.71 Å². The fourth-order valence-electron chi connectivity index (χ4n) is 1.51. The molecule has 21 heavy (non-hydrogen) atoms. The van der Waals surface area contributed by atoms with Crippen molar-refractivity contribution in [2.45, 2.75) is 18.9 Å². The molecule has 1 aromatic rings. The second-order valence-corrected chi connectivity index (χ2v) is 4.55. The number of rotatable bonds is 5. The number of amides is 2. The van der Waals surface area contributed by atoms with Crippen molar-refractivity contribution in [3.05, 3.63) is 24.3 Å². The van der Waals surface area contributed by atoms with Crippen molar-refractivity contribution in [2.24, 2.45) is 10.8 Å². The summed E-state index contributed by atoms with van der Waals surface area (Å²) in [7, 11) is 0. The lowest BCUT2D eigenvalue weighted by molar-refractivity contribution is 0.251. The highest BCUT2D eigenvalue weighted by atomic mass is 16.2. The second-order valence-electron chi connectivity index (χ2n) is 4.55. The van der Waals surface area contributed by atoms with E-state index in [0.717, 1.165) is 12.8 Å². The number of hydrogen-bond donors (Lipinski definition) is 5. The van der Waals surface area contributed by atoms with Crippen LogP contribution >= 0.6 is 0 Å². The summed E-state index contributed by atoms with van der Waals surface area (Å²) in [6.45, 7) is 0. The minimum atomic E-state index is -0.414. The summed E-state index contributed by atoms with van der Waals surface area (Å²) in [5, 5.41) is 25.1. The van der Waals surface area contributed by atoms with E-state index in [4.69, 9.17) is 16.4 Å². The number of anilines is 2. The Labute approximate surface area is 121 Å². The van der Waals surface area contributed by atoms with Gasteiger partial charge in [-0.3, -0.25) is 10.8 Å². The molecule has 8 heteroatoms. The van der Waals surface area contributed by atoms with Crippen molar-refractivity contribution in [3.8, 4) is 6.07 Å². The molecule has 1 aliphatic rings. The van der Waals surface area contributed by atoms with Gasteiger partial charge in [0.15, 0.2) is 5.84 Å². The molecule has 1 saturated carbocycles. The van der Waals surface area contributed by atoms with Gasteiger partial charge in [0, 0.05) is 11.7 Å². The molecular formula is C13H15N7O. The molecule has 0 radical (unpaired) electrons. The van der Waals surface area contributed by atoms with Gasteiger partial charge in [0.05, 0.1) is 5.69 Å². The topological polar surface area (TPSA) is 139 Å². The van der Waals surface area contributed by atoms with Gasteiger partial charge in [-0.05, 0) is 31.0 Å². The van der Waals surface area contributed by atoms with Crippen LogP contribution in [-0.4, -0.2) is 23.6 Å². The van der Waals surface area contributed by atoms with Crippen LogP contribution in [0, 0.1) is 16.7 Å².